The van der Waals surface area contributed by atoms with E-state index in [4.69, 9.17) is 9.84 Å². The minimum atomic E-state index is -1.03. The molecule has 0 bridgehead atoms. The number of aromatic nitrogens is 1. The van der Waals surface area contributed by atoms with Crippen LogP contribution in [0.5, 0.6) is 0 Å². The van der Waals surface area contributed by atoms with E-state index in [0.29, 0.717) is 5.69 Å². The number of carboxylic acids is 1. The Bertz CT molecular complexity index is 260. The maximum absolute atomic E-state index is 10.6. The van der Waals surface area contributed by atoms with E-state index >= 15 is 0 Å². The summed E-state index contributed by atoms with van der Waals surface area (Å²) in [5.41, 5.74) is 0.410. The van der Waals surface area contributed by atoms with Crippen molar-refractivity contribution < 1.29 is 14.6 Å². The van der Waals surface area contributed by atoms with Crippen LogP contribution in [-0.2, 0) is 9.53 Å². The predicted octanol–water partition coefficient (Wildman–Crippen LogP) is 0.854. The number of rotatable bonds is 3. The van der Waals surface area contributed by atoms with Gasteiger partial charge in [0.2, 0.25) is 0 Å². The van der Waals surface area contributed by atoms with Crippen molar-refractivity contribution >= 4 is 5.97 Å². The Labute approximate surface area is 69.8 Å². The summed E-state index contributed by atoms with van der Waals surface area (Å²) in [7, 11) is 1.34. The lowest BCUT2D eigenvalue weighted by molar-refractivity contribution is -0.149. The van der Waals surface area contributed by atoms with Gasteiger partial charge in [-0.15, -0.1) is 0 Å². The molecule has 1 atom stereocenters. The number of carboxylic acid groups (broad SMARTS) is 1. The molecule has 0 radical (unpaired) electrons. The highest BCUT2D eigenvalue weighted by Gasteiger charge is 2.19. The number of aliphatic carboxylic acids is 1. The molecule has 1 aromatic rings. The van der Waals surface area contributed by atoms with Crippen LogP contribution in [0.4, 0.5) is 0 Å². The molecule has 4 nitrogen and oxygen atoms in total. The Morgan fingerprint density at radius 2 is 2.42 bits per heavy atom. The molecule has 0 saturated heterocycles. The van der Waals surface area contributed by atoms with Crippen LogP contribution in [0.15, 0.2) is 24.4 Å². The van der Waals surface area contributed by atoms with E-state index in [1.54, 1.807) is 18.2 Å². The molecular weight excluding hydrogens is 158 g/mol. The molecule has 0 spiro atoms. The van der Waals surface area contributed by atoms with Crippen molar-refractivity contribution in [3.63, 3.8) is 0 Å². The zero-order chi connectivity index (χ0) is 8.97. The van der Waals surface area contributed by atoms with E-state index in [-0.39, 0.29) is 0 Å². The molecule has 64 valence electrons. The number of carbonyl (C=O) groups is 1. The fourth-order valence-corrected chi connectivity index (χ4v) is 0.879. The summed E-state index contributed by atoms with van der Waals surface area (Å²) in [6.07, 6.45) is 0.566. The first-order valence-electron chi connectivity index (χ1n) is 3.42. The van der Waals surface area contributed by atoms with E-state index in [9.17, 15) is 4.79 Å². The van der Waals surface area contributed by atoms with Crippen molar-refractivity contribution in [3.05, 3.63) is 30.1 Å². The largest absolute Gasteiger partial charge is 0.479 e. The van der Waals surface area contributed by atoms with E-state index in [1.807, 2.05) is 0 Å². The van der Waals surface area contributed by atoms with Crippen molar-refractivity contribution in [2.75, 3.05) is 7.11 Å². The minimum absolute atomic E-state index is 0.410. The number of methoxy groups -OCH3 is 1. The lowest BCUT2D eigenvalue weighted by Crippen LogP contribution is -2.14. The summed E-state index contributed by atoms with van der Waals surface area (Å²) in [5.74, 6) is -1.03. The van der Waals surface area contributed by atoms with Gasteiger partial charge in [-0.05, 0) is 12.1 Å². The van der Waals surface area contributed by atoms with Crippen molar-refractivity contribution in [3.8, 4) is 0 Å². The summed E-state index contributed by atoms with van der Waals surface area (Å²) in [5, 5.41) is 8.66. The summed E-state index contributed by atoms with van der Waals surface area (Å²) in [6, 6.07) is 5.05. The van der Waals surface area contributed by atoms with Gasteiger partial charge >= 0.3 is 5.97 Å². The molecule has 0 aromatic carbocycles. The van der Waals surface area contributed by atoms with Crippen LogP contribution in [0.1, 0.15) is 11.8 Å². The SMILES string of the molecule is CO[C@H](C(=O)O)c1ccccn1. The lowest BCUT2D eigenvalue weighted by atomic mass is 10.2. The molecule has 0 unspecified atom stereocenters. The smallest absolute Gasteiger partial charge is 0.339 e. The van der Waals surface area contributed by atoms with Gasteiger partial charge in [0, 0.05) is 13.3 Å². The van der Waals surface area contributed by atoms with Gasteiger partial charge in [-0.2, -0.15) is 0 Å². The Morgan fingerprint density at radius 3 is 2.83 bits per heavy atom. The second-order valence-corrected chi connectivity index (χ2v) is 2.21. The summed E-state index contributed by atoms with van der Waals surface area (Å²) in [4.78, 5) is 14.4. The molecule has 0 aliphatic carbocycles. The Hall–Kier alpha value is -1.42. The molecule has 0 aliphatic rings. The molecule has 12 heavy (non-hydrogen) atoms. The Morgan fingerprint density at radius 1 is 1.67 bits per heavy atom. The van der Waals surface area contributed by atoms with Crippen LogP contribution >= 0.6 is 0 Å². The molecule has 0 amide bonds. The van der Waals surface area contributed by atoms with Crippen LogP contribution in [0, 0.1) is 0 Å². The van der Waals surface area contributed by atoms with Crippen LogP contribution in [0.3, 0.4) is 0 Å². The highest BCUT2D eigenvalue weighted by molar-refractivity contribution is 5.73. The number of hydrogen-bond acceptors (Lipinski definition) is 3. The third kappa shape index (κ3) is 1.79. The average molecular weight is 167 g/mol. The fourth-order valence-electron chi connectivity index (χ4n) is 0.879. The van der Waals surface area contributed by atoms with E-state index < -0.39 is 12.1 Å². The van der Waals surface area contributed by atoms with Crippen LogP contribution in [-0.4, -0.2) is 23.2 Å². The zero-order valence-corrected chi connectivity index (χ0v) is 6.60. The third-order valence-corrected chi connectivity index (χ3v) is 1.42. The van der Waals surface area contributed by atoms with Gasteiger partial charge in [0.1, 0.15) is 0 Å². The van der Waals surface area contributed by atoms with Gasteiger partial charge in [-0.25, -0.2) is 4.79 Å². The molecular formula is C8H9NO3. The van der Waals surface area contributed by atoms with Gasteiger partial charge in [-0.1, -0.05) is 6.07 Å². The third-order valence-electron chi connectivity index (χ3n) is 1.42. The first kappa shape index (κ1) is 8.67. The monoisotopic (exact) mass is 167 g/mol. The first-order chi connectivity index (χ1) is 5.75. The van der Waals surface area contributed by atoms with E-state index in [1.165, 1.54) is 13.3 Å². The quantitative estimate of drug-likeness (QED) is 0.725. The summed E-state index contributed by atoms with van der Waals surface area (Å²) < 4.78 is 4.74. The van der Waals surface area contributed by atoms with Gasteiger partial charge < -0.3 is 9.84 Å². The van der Waals surface area contributed by atoms with Crippen LogP contribution < -0.4 is 0 Å². The topological polar surface area (TPSA) is 59.4 Å². The van der Waals surface area contributed by atoms with Gasteiger partial charge in [0.25, 0.3) is 0 Å². The Balaban J connectivity index is 2.88. The van der Waals surface area contributed by atoms with Gasteiger partial charge in [0.05, 0.1) is 5.69 Å². The molecule has 0 fully saturated rings. The lowest BCUT2D eigenvalue weighted by Gasteiger charge is -2.08. The number of hydrogen-bond donors (Lipinski definition) is 1. The zero-order valence-electron chi connectivity index (χ0n) is 6.60. The molecule has 1 heterocycles. The normalized spacial score (nSPS) is 12.4. The average Bonchev–Trinajstić information content (AvgIpc) is 2.07. The second-order valence-electron chi connectivity index (χ2n) is 2.21. The summed E-state index contributed by atoms with van der Waals surface area (Å²) in [6.45, 7) is 0. The second kappa shape index (κ2) is 3.82. The molecule has 1 N–H and O–H groups in total. The number of pyridine rings is 1. The number of nitrogens with zero attached hydrogens (tertiary/aromatic N) is 1. The fraction of sp³-hybridized carbons (Fsp3) is 0.250. The maximum Gasteiger partial charge on any atom is 0.339 e. The molecule has 0 aliphatic heterocycles. The van der Waals surface area contributed by atoms with Crippen molar-refractivity contribution in [2.24, 2.45) is 0 Å². The maximum atomic E-state index is 10.6. The minimum Gasteiger partial charge on any atom is -0.479 e. The van der Waals surface area contributed by atoms with Crippen molar-refractivity contribution in [2.45, 2.75) is 6.10 Å². The van der Waals surface area contributed by atoms with Gasteiger partial charge in [0.15, 0.2) is 6.10 Å². The van der Waals surface area contributed by atoms with Gasteiger partial charge in [-0.3, -0.25) is 4.98 Å². The Kier molecular flexibility index (Phi) is 2.76. The van der Waals surface area contributed by atoms with Crippen molar-refractivity contribution in [1.82, 2.24) is 4.98 Å². The number of ether oxygens (including phenoxy) is 1. The molecule has 0 saturated carbocycles. The van der Waals surface area contributed by atoms with Crippen LogP contribution in [0.2, 0.25) is 0 Å². The predicted molar refractivity (Wildman–Crippen MR) is 41.6 cm³/mol. The van der Waals surface area contributed by atoms with Crippen molar-refractivity contribution in [1.29, 1.82) is 0 Å². The molecule has 4 heteroatoms. The molecule has 1 aromatic heterocycles. The van der Waals surface area contributed by atoms with E-state index in [0.717, 1.165) is 0 Å². The highest BCUT2D eigenvalue weighted by Crippen LogP contribution is 2.12. The molecule has 1 rings (SSSR count). The standard InChI is InChI=1S/C8H9NO3/c1-12-7(8(10)11)6-4-2-3-5-9-6/h2-5,7H,1H3,(H,10,11)/t7-/m0/s1. The first-order valence-corrected chi connectivity index (χ1v) is 3.42. The van der Waals surface area contributed by atoms with E-state index in [2.05, 4.69) is 4.98 Å². The summed E-state index contributed by atoms with van der Waals surface area (Å²) >= 11 is 0. The highest BCUT2D eigenvalue weighted by atomic mass is 16.5. The van der Waals surface area contributed by atoms with Crippen LogP contribution in [0.25, 0.3) is 0 Å².